The van der Waals surface area contributed by atoms with E-state index >= 15 is 0 Å². The van der Waals surface area contributed by atoms with Gasteiger partial charge in [0, 0.05) is 13.0 Å². The van der Waals surface area contributed by atoms with Crippen LogP contribution in [0.25, 0.3) is 0 Å². The van der Waals surface area contributed by atoms with E-state index in [1.807, 2.05) is 0 Å². The highest BCUT2D eigenvalue weighted by Crippen LogP contribution is 2.24. The van der Waals surface area contributed by atoms with E-state index < -0.39 is 18.0 Å². The molecule has 0 radical (unpaired) electrons. The lowest BCUT2D eigenvalue weighted by atomic mass is 10.1. The topological polar surface area (TPSA) is 77.8 Å². The first-order chi connectivity index (χ1) is 7.66. The molecule has 0 fully saturated rings. The van der Waals surface area contributed by atoms with E-state index in [0.29, 0.717) is 11.1 Å². The van der Waals surface area contributed by atoms with Crippen molar-refractivity contribution in [2.45, 2.75) is 12.6 Å². The number of hydrogen-bond acceptors (Lipinski definition) is 4. The van der Waals surface area contributed by atoms with Crippen LogP contribution in [-0.2, 0) is 0 Å². The van der Waals surface area contributed by atoms with Crippen LogP contribution in [0.2, 0.25) is 0 Å². The molecule has 1 heterocycles. The summed E-state index contributed by atoms with van der Waals surface area (Å²) < 4.78 is 0. The summed E-state index contributed by atoms with van der Waals surface area (Å²) >= 11 is 0. The molecule has 1 aliphatic rings. The lowest BCUT2D eigenvalue weighted by molar-refractivity contribution is 0.00441. The average molecular weight is 221 g/mol. The number of nitrogens with zero attached hydrogens (tertiary/aromatic N) is 1. The Morgan fingerprint density at radius 3 is 2.06 bits per heavy atom. The van der Waals surface area contributed by atoms with Gasteiger partial charge in [0.2, 0.25) is 0 Å². The smallest absolute Gasteiger partial charge is 0.263 e. The lowest BCUT2D eigenvalue weighted by Gasteiger charge is -2.19. The fourth-order valence-electron chi connectivity index (χ4n) is 1.72. The number of carbonyl (C=O) groups excluding carboxylic acids is 2. The molecule has 5 heteroatoms. The van der Waals surface area contributed by atoms with Crippen LogP contribution in [0.1, 0.15) is 27.1 Å². The molecule has 0 aromatic heterocycles. The van der Waals surface area contributed by atoms with Crippen LogP contribution in [0, 0.1) is 0 Å². The predicted molar refractivity (Wildman–Crippen MR) is 54.7 cm³/mol. The SMILES string of the molecule is O=C1c2ccccc2C(=O)N1C(O)CCO. The van der Waals surface area contributed by atoms with Crippen LogP contribution in [0.4, 0.5) is 0 Å². The molecule has 2 rings (SSSR count). The van der Waals surface area contributed by atoms with Gasteiger partial charge in [0.05, 0.1) is 11.1 Å². The Bertz CT molecular complexity index is 408. The lowest BCUT2D eigenvalue weighted by Crippen LogP contribution is -2.40. The molecule has 0 saturated heterocycles. The monoisotopic (exact) mass is 221 g/mol. The van der Waals surface area contributed by atoms with E-state index in [2.05, 4.69) is 0 Å². The van der Waals surface area contributed by atoms with Crippen molar-refractivity contribution in [3.05, 3.63) is 35.4 Å². The summed E-state index contributed by atoms with van der Waals surface area (Å²) in [4.78, 5) is 24.4. The molecule has 1 aliphatic heterocycles. The summed E-state index contributed by atoms with van der Waals surface area (Å²) in [5.41, 5.74) is 0.592. The fourth-order valence-corrected chi connectivity index (χ4v) is 1.72. The molecule has 0 spiro atoms. The molecule has 1 aromatic carbocycles. The Morgan fingerprint density at radius 2 is 1.62 bits per heavy atom. The minimum absolute atomic E-state index is 0.0362. The van der Waals surface area contributed by atoms with Crippen LogP contribution in [0.15, 0.2) is 24.3 Å². The Labute approximate surface area is 91.9 Å². The number of hydrogen-bond donors (Lipinski definition) is 2. The van der Waals surface area contributed by atoms with Gasteiger partial charge >= 0.3 is 0 Å². The minimum Gasteiger partial charge on any atom is -0.396 e. The van der Waals surface area contributed by atoms with Gasteiger partial charge in [0.25, 0.3) is 11.8 Å². The quantitative estimate of drug-likeness (QED) is 0.703. The van der Waals surface area contributed by atoms with Crippen LogP contribution in [-0.4, -0.2) is 39.8 Å². The van der Waals surface area contributed by atoms with Gasteiger partial charge in [-0.25, -0.2) is 4.90 Å². The number of fused-ring (bicyclic) bond motifs is 1. The molecule has 2 amide bonds. The van der Waals surface area contributed by atoms with Gasteiger partial charge in [-0.2, -0.15) is 0 Å². The molecule has 1 unspecified atom stereocenters. The fraction of sp³-hybridized carbons (Fsp3) is 0.273. The zero-order valence-corrected chi connectivity index (χ0v) is 8.46. The summed E-state index contributed by atoms with van der Waals surface area (Å²) in [6.45, 7) is -0.283. The highest BCUT2D eigenvalue weighted by atomic mass is 16.3. The van der Waals surface area contributed by atoms with Crippen molar-refractivity contribution >= 4 is 11.8 Å². The third kappa shape index (κ3) is 1.50. The summed E-state index contributed by atoms with van der Waals surface area (Å²) in [6, 6.07) is 6.40. The highest BCUT2D eigenvalue weighted by Gasteiger charge is 2.38. The van der Waals surface area contributed by atoms with Crippen molar-refractivity contribution in [1.82, 2.24) is 4.90 Å². The third-order valence-electron chi connectivity index (χ3n) is 2.51. The highest BCUT2D eigenvalue weighted by molar-refractivity contribution is 6.21. The van der Waals surface area contributed by atoms with Crippen molar-refractivity contribution in [3.63, 3.8) is 0 Å². The number of amides is 2. The van der Waals surface area contributed by atoms with Gasteiger partial charge in [0.1, 0.15) is 6.23 Å². The number of carbonyl (C=O) groups is 2. The number of imide groups is 1. The van der Waals surface area contributed by atoms with Crippen molar-refractivity contribution < 1.29 is 19.8 Å². The summed E-state index contributed by atoms with van der Waals surface area (Å²) in [5.74, 6) is -1.02. The molecule has 1 aromatic rings. The second-order valence-corrected chi connectivity index (χ2v) is 3.52. The second-order valence-electron chi connectivity index (χ2n) is 3.52. The molecule has 2 N–H and O–H groups in total. The van der Waals surface area contributed by atoms with E-state index in [1.165, 1.54) is 0 Å². The minimum atomic E-state index is -1.27. The number of aliphatic hydroxyl groups is 2. The maximum atomic E-state index is 11.8. The van der Waals surface area contributed by atoms with Crippen molar-refractivity contribution in [2.24, 2.45) is 0 Å². The zero-order valence-electron chi connectivity index (χ0n) is 8.46. The summed E-state index contributed by atoms with van der Waals surface area (Å²) in [5, 5.41) is 18.3. The van der Waals surface area contributed by atoms with Gasteiger partial charge in [-0.05, 0) is 12.1 Å². The van der Waals surface area contributed by atoms with Crippen LogP contribution >= 0.6 is 0 Å². The molecule has 0 bridgehead atoms. The number of rotatable bonds is 3. The maximum absolute atomic E-state index is 11.8. The van der Waals surface area contributed by atoms with Gasteiger partial charge in [0.15, 0.2) is 0 Å². The average Bonchev–Trinajstić information content (AvgIpc) is 2.53. The van der Waals surface area contributed by atoms with Crippen LogP contribution in [0.3, 0.4) is 0 Å². The molecular formula is C11H11NO4. The maximum Gasteiger partial charge on any atom is 0.263 e. The van der Waals surface area contributed by atoms with E-state index in [4.69, 9.17) is 5.11 Å². The normalized spacial score (nSPS) is 16.5. The molecule has 5 nitrogen and oxygen atoms in total. The van der Waals surface area contributed by atoms with E-state index in [0.717, 1.165) is 4.90 Å². The van der Waals surface area contributed by atoms with Gasteiger partial charge < -0.3 is 10.2 Å². The summed E-state index contributed by atoms with van der Waals surface area (Å²) in [6.07, 6.45) is -1.30. The Morgan fingerprint density at radius 1 is 1.12 bits per heavy atom. The van der Waals surface area contributed by atoms with E-state index in [1.54, 1.807) is 24.3 Å². The van der Waals surface area contributed by atoms with Crippen molar-refractivity contribution in [2.75, 3.05) is 6.61 Å². The predicted octanol–water partition coefficient (Wildman–Crippen LogP) is -0.0166. The Kier molecular flexibility index (Phi) is 2.72. The zero-order chi connectivity index (χ0) is 11.7. The molecule has 0 saturated carbocycles. The van der Waals surface area contributed by atoms with E-state index in [-0.39, 0.29) is 13.0 Å². The molecular weight excluding hydrogens is 210 g/mol. The van der Waals surface area contributed by atoms with Gasteiger partial charge in [-0.3, -0.25) is 9.59 Å². The largest absolute Gasteiger partial charge is 0.396 e. The van der Waals surface area contributed by atoms with Crippen molar-refractivity contribution in [3.8, 4) is 0 Å². The first-order valence-electron chi connectivity index (χ1n) is 4.92. The number of aliphatic hydroxyl groups excluding tert-OH is 2. The Balaban J connectivity index is 2.35. The first-order valence-corrected chi connectivity index (χ1v) is 4.92. The molecule has 16 heavy (non-hydrogen) atoms. The van der Waals surface area contributed by atoms with Crippen LogP contribution < -0.4 is 0 Å². The third-order valence-corrected chi connectivity index (χ3v) is 2.51. The van der Waals surface area contributed by atoms with Gasteiger partial charge in [-0.1, -0.05) is 12.1 Å². The Hall–Kier alpha value is -1.72. The van der Waals surface area contributed by atoms with Crippen molar-refractivity contribution in [1.29, 1.82) is 0 Å². The second kappa shape index (κ2) is 4.03. The molecule has 0 aliphatic carbocycles. The van der Waals surface area contributed by atoms with E-state index in [9.17, 15) is 14.7 Å². The molecule has 84 valence electrons. The van der Waals surface area contributed by atoms with Crippen LogP contribution in [0.5, 0.6) is 0 Å². The first kappa shape index (κ1) is 10.8. The summed E-state index contributed by atoms with van der Waals surface area (Å²) in [7, 11) is 0. The standard InChI is InChI=1S/C11H11NO4/c13-6-5-9(14)12-10(15)7-3-1-2-4-8(7)11(12)16/h1-4,9,13-14H,5-6H2. The number of benzene rings is 1. The molecule has 1 atom stereocenters. The van der Waals surface area contributed by atoms with Gasteiger partial charge in [-0.15, -0.1) is 0 Å².